The summed E-state index contributed by atoms with van der Waals surface area (Å²) in [4.78, 5) is 16.0. The standard InChI is InChI=1S/C17H26N2O3/c1-2-12-22-14-17(21)19-10-8-18(9-11-19)13-16(20)15-6-4-3-5-7-15/h3-7,16,20H,2,8-14H2,1H3/t16-/m1/s1. The van der Waals surface area contributed by atoms with Crippen LogP contribution in [-0.4, -0.2) is 66.8 Å². The third-order valence-corrected chi connectivity index (χ3v) is 3.91. The number of benzene rings is 1. The zero-order valence-electron chi connectivity index (χ0n) is 13.3. The van der Waals surface area contributed by atoms with Crippen LogP contribution in [0.4, 0.5) is 0 Å². The van der Waals surface area contributed by atoms with Crippen LogP contribution >= 0.6 is 0 Å². The van der Waals surface area contributed by atoms with Crippen molar-refractivity contribution in [3.05, 3.63) is 35.9 Å². The van der Waals surface area contributed by atoms with E-state index in [1.165, 1.54) is 0 Å². The van der Waals surface area contributed by atoms with Gasteiger partial charge in [0.15, 0.2) is 0 Å². The molecule has 0 aliphatic carbocycles. The van der Waals surface area contributed by atoms with Gasteiger partial charge in [-0.2, -0.15) is 0 Å². The normalized spacial score (nSPS) is 17.5. The van der Waals surface area contributed by atoms with Gasteiger partial charge in [-0.3, -0.25) is 9.69 Å². The minimum atomic E-state index is -0.476. The number of nitrogens with zero attached hydrogens (tertiary/aromatic N) is 2. The molecule has 0 bridgehead atoms. The summed E-state index contributed by atoms with van der Waals surface area (Å²) >= 11 is 0. The topological polar surface area (TPSA) is 53.0 Å². The fourth-order valence-corrected chi connectivity index (χ4v) is 2.60. The highest BCUT2D eigenvalue weighted by Gasteiger charge is 2.22. The lowest BCUT2D eigenvalue weighted by Crippen LogP contribution is -2.50. The quantitative estimate of drug-likeness (QED) is 0.771. The molecule has 1 aliphatic rings. The minimum Gasteiger partial charge on any atom is -0.387 e. The summed E-state index contributed by atoms with van der Waals surface area (Å²) in [7, 11) is 0. The second kappa shape index (κ2) is 8.88. The smallest absolute Gasteiger partial charge is 0.248 e. The van der Waals surface area contributed by atoms with Crippen LogP contribution in [-0.2, 0) is 9.53 Å². The Bertz CT molecular complexity index is 444. The number of hydrogen-bond acceptors (Lipinski definition) is 4. The first-order valence-electron chi connectivity index (χ1n) is 8.01. The summed E-state index contributed by atoms with van der Waals surface area (Å²) in [5.41, 5.74) is 0.939. The van der Waals surface area contributed by atoms with E-state index in [1.54, 1.807) is 0 Å². The minimum absolute atomic E-state index is 0.0664. The van der Waals surface area contributed by atoms with Crippen LogP contribution in [0.2, 0.25) is 0 Å². The lowest BCUT2D eigenvalue weighted by molar-refractivity contribution is -0.138. The largest absolute Gasteiger partial charge is 0.387 e. The number of ether oxygens (including phenoxy) is 1. The average molecular weight is 306 g/mol. The third kappa shape index (κ3) is 5.09. The van der Waals surface area contributed by atoms with Gasteiger partial charge in [-0.05, 0) is 12.0 Å². The molecule has 1 heterocycles. The van der Waals surface area contributed by atoms with Gasteiger partial charge < -0.3 is 14.7 Å². The molecule has 0 unspecified atom stereocenters. The molecule has 1 aromatic rings. The SMILES string of the molecule is CCCOCC(=O)N1CCN(C[C@@H](O)c2ccccc2)CC1. The highest BCUT2D eigenvalue weighted by Crippen LogP contribution is 2.15. The van der Waals surface area contributed by atoms with Crippen LogP contribution in [0.3, 0.4) is 0 Å². The summed E-state index contributed by atoms with van der Waals surface area (Å²) < 4.78 is 5.30. The van der Waals surface area contributed by atoms with Gasteiger partial charge in [0, 0.05) is 39.3 Å². The Hall–Kier alpha value is -1.43. The highest BCUT2D eigenvalue weighted by atomic mass is 16.5. The Morgan fingerprint density at radius 3 is 2.55 bits per heavy atom. The van der Waals surface area contributed by atoms with Crippen molar-refractivity contribution in [2.24, 2.45) is 0 Å². The molecule has 0 spiro atoms. The van der Waals surface area contributed by atoms with Crippen molar-refractivity contribution in [1.82, 2.24) is 9.80 Å². The maximum absolute atomic E-state index is 12.0. The van der Waals surface area contributed by atoms with Crippen molar-refractivity contribution in [2.45, 2.75) is 19.4 Å². The monoisotopic (exact) mass is 306 g/mol. The molecule has 22 heavy (non-hydrogen) atoms. The second-order valence-corrected chi connectivity index (χ2v) is 5.66. The van der Waals surface area contributed by atoms with Crippen molar-refractivity contribution in [1.29, 1.82) is 0 Å². The van der Waals surface area contributed by atoms with Gasteiger partial charge in [-0.15, -0.1) is 0 Å². The van der Waals surface area contributed by atoms with E-state index < -0.39 is 6.10 Å². The van der Waals surface area contributed by atoms with Gasteiger partial charge in [0.1, 0.15) is 6.61 Å². The first-order chi connectivity index (χ1) is 10.7. The van der Waals surface area contributed by atoms with E-state index in [1.807, 2.05) is 42.2 Å². The fraction of sp³-hybridized carbons (Fsp3) is 0.588. The van der Waals surface area contributed by atoms with Gasteiger partial charge in [-0.25, -0.2) is 0 Å². The van der Waals surface area contributed by atoms with Crippen LogP contribution < -0.4 is 0 Å². The summed E-state index contributed by atoms with van der Waals surface area (Å²) in [6.07, 6.45) is 0.453. The predicted molar refractivity (Wildman–Crippen MR) is 85.5 cm³/mol. The van der Waals surface area contributed by atoms with Gasteiger partial charge in [-0.1, -0.05) is 37.3 Å². The highest BCUT2D eigenvalue weighted by molar-refractivity contribution is 5.77. The van der Waals surface area contributed by atoms with E-state index >= 15 is 0 Å². The summed E-state index contributed by atoms with van der Waals surface area (Å²) in [5, 5.41) is 10.2. The second-order valence-electron chi connectivity index (χ2n) is 5.66. The molecule has 1 amide bonds. The number of aliphatic hydroxyl groups is 1. The van der Waals surface area contributed by atoms with Crippen LogP contribution in [0, 0.1) is 0 Å². The number of piperazine rings is 1. The van der Waals surface area contributed by atoms with Crippen molar-refractivity contribution in [3.63, 3.8) is 0 Å². The molecule has 2 rings (SSSR count). The number of β-amino-alcohol motifs (C(OH)–C–C–N with tert-alkyl or cyclic N) is 1. The van der Waals surface area contributed by atoms with E-state index in [-0.39, 0.29) is 12.5 Å². The van der Waals surface area contributed by atoms with E-state index in [0.29, 0.717) is 26.2 Å². The fourth-order valence-electron chi connectivity index (χ4n) is 2.60. The van der Waals surface area contributed by atoms with E-state index in [2.05, 4.69) is 4.90 Å². The maximum atomic E-state index is 12.0. The Labute approximate surface area is 132 Å². The first kappa shape index (κ1) is 16.9. The van der Waals surface area contributed by atoms with Crippen molar-refractivity contribution >= 4 is 5.91 Å². The van der Waals surface area contributed by atoms with Gasteiger partial charge in [0.25, 0.3) is 0 Å². The number of carbonyl (C=O) groups excluding carboxylic acids is 1. The Morgan fingerprint density at radius 1 is 1.23 bits per heavy atom. The van der Waals surface area contributed by atoms with Gasteiger partial charge in [0.2, 0.25) is 5.91 Å². The Morgan fingerprint density at radius 2 is 1.91 bits per heavy atom. The average Bonchev–Trinajstić information content (AvgIpc) is 2.56. The molecule has 5 heteroatoms. The van der Waals surface area contributed by atoms with Crippen molar-refractivity contribution < 1.29 is 14.6 Å². The molecular weight excluding hydrogens is 280 g/mol. The van der Waals surface area contributed by atoms with E-state index in [9.17, 15) is 9.90 Å². The van der Waals surface area contributed by atoms with Crippen molar-refractivity contribution in [2.75, 3.05) is 45.9 Å². The van der Waals surface area contributed by atoms with Gasteiger partial charge in [0.05, 0.1) is 6.10 Å². The van der Waals surface area contributed by atoms with E-state index in [4.69, 9.17) is 4.74 Å². The molecule has 1 saturated heterocycles. The third-order valence-electron chi connectivity index (χ3n) is 3.91. The molecule has 1 aromatic carbocycles. The molecule has 1 atom stereocenters. The lowest BCUT2D eigenvalue weighted by Gasteiger charge is -2.35. The summed E-state index contributed by atoms with van der Waals surface area (Å²) in [6.45, 7) is 6.45. The molecule has 5 nitrogen and oxygen atoms in total. The molecule has 1 fully saturated rings. The maximum Gasteiger partial charge on any atom is 0.248 e. The van der Waals surface area contributed by atoms with Crippen LogP contribution in [0.15, 0.2) is 30.3 Å². The van der Waals surface area contributed by atoms with Crippen LogP contribution in [0.5, 0.6) is 0 Å². The van der Waals surface area contributed by atoms with Crippen LogP contribution in [0.25, 0.3) is 0 Å². The summed E-state index contributed by atoms with van der Waals surface area (Å²) in [5.74, 6) is 0.0664. The zero-order valence-corrected chi connectivity index (χ0v) is 13.3. The number of amides is 1. The lowest BCUT2D eigenvalue weighted by atomic mass is 10.1. The molecular formula is C17H26N2O3. The van der Waals surface area contributed by atoms with E-state index in [0.717, 1.165) is 25.1 Å². The first-order valence-corrected chi connectivity index (χ1v) is 8.01. The molecule has 122 valence electrons. The molecule has 1 aliphatic heterocycles. The predicted octanol–water partition coefficient (Wildman–Crippen LogP) is 1.29. The Kier molecular flexibility index (Phi) is 6.83. The molecule has 0 saturated carbocycles. The van der Waals surface area contributed by atoms with Crippen molar-refractivity contribution in [3.8, 4) is 0 Å². The molecule has 1 N–H and O–H groups in total. The molecule has 0 radical (unpaired) electrons. The number of aliphatic hydroxyl groups excluding tert-OH is 1. The number of hydrogen-bond donors (Lipinski definition) is 1. The number of carbonyl (C=O) groups is 1. The van der Waals surface area contributed by atoms with Gasteiger partial charge >= 0.3 is 0 Å². The summed E-state index contributed by atoms with van der Waals surface area (Å²) in [6, 6.07) is 9.70. The molecule has 0 aromatic heterocycles. The van der Waals surface area contributed by atoms with Crippen LogP contribution in [0.1, 0.15) is 25.0 Å². The number of rotatable bonds is 7. The zero-order chi connectivity index (χ0) is 15.8. The Balaban J connectivity index is 1.72.